The van der Waals surface area contributed by atoms with Gasteiger partial charge in [-0.1, -0.05) is 37.9 Å². The van der Waals surface area contributed by atoms with Gasteiger partial charge in [-0.3, -0.25) is 4.79 Å². The molecule has 0 fully saturated rings. The molecule has 0 radical (unpaired) electrons. The Kier molecular flexibility index (Phi) is 4.86. The standard InChI is InChI=1S/C10H8Br2F2O/c11-4-3-9(15)7-2-1-6(10(13)14)5-8(7)12/h1-2,5,10H,3-4H2. The molecule has 15 heavy (non-hydrogen) atoms. The zero-order chi connectivity index (χ0) is 11.4. The van der Waals surface area contributed by atoms with Crippen molar-refractivity contribution >= 4 is 37.6 Å². The van der Waals surface area contributed by atoms with Crippen LogP contribution in [0.15, 0.2) is 22.7 Å². The summed E-state index contributed by atoms with van der Waals surface area (Å²) in [6.07, 6.45) is -2.16. The van der Waals surface area contributed by atoms with Crippen molar-refractivity contribution < 1.29 is 13.6 Å². The van der Waals surface area contributed by atoms with E-state index >= 15 is 0 Å². The van der Waals surface area contributed by atoms with E-state index in [0.29, 0.717) is 21.8 Å². The van der Waals surface area contributed by atoms with Gasteiger partial charge in [-0.2, -0.15) is 0 Å². The maximum atomic E-state index is 12.3. The molecule has 5 heteroatoms. The lowest BCUT2D eigenvalue weighted by molar-refractivity contribution is 0.0988. The number of ketones is 1. The van der Waals surface area contributed by atoms with Crippen LogP contribution in [-0.4, -0.2) is 11.1 Å². The molecule has 1 nitrogen and oxygen atoms in total. The third kappa shape index (κ3) is 3.34. The van der Waals surface area contributed by atoms with Crippen molar-refractivity contribution in [3.63, 3.8) is 0 Å². The van der Waals surface area contributed by atoms with Crippen LogP contribution < -0.4 is 0 Å². The molecule has 0 amide bonds. The lowest BCUT2D eigenvalue weighted by Gasteiger charge is -2.05. The largest absolute Gasteiger partial charge is 0.294 e. The fourth-order valence-electron chi connectivity index (χ4n) is 1.11. The van der Waals surface area contributed by atoms with Crippen molar-refractivity contribution in [1.29, 1.82) is 0 Å². The van der Waals surface area contributed by atoms with Gasteiger partial charge in [0.25, 0.3) is 6.43 Å². The van der Waals surface area contributed by atoms with Crippen LogP contribution in [0.25, 0.3) is 0 Å². The van der Waals surface area contributed by atoms with Gasteiger partial charge in [0.2, 0.25) is 0 Å². The van der Waals surface area contributed by atoms with Crippen molar-refractivity contribution in [1.82, 2.24) is 0 Å². The van der Waals surface area contributed by atoms with Crippen LogP contribution in [0.4, 0.5) is 8.78 Å². The molecule has 82 valence electrons. The number of carbonyl (C=O) groups is 1. The molecule has 0 unspecified atom stereocenters. The molecule has 0 saturated carbocycles. The number of halogens is 4. The van der Waals surface area contributed by atoms with E-state index in [9.17, 15) is 13.6 Å². The van der Waals surface area contributed by atoms with Gasteiger partial charge in [0.15, 0.2) is 5.78 Å². The van der Waals surface area contributed by atoms with Gasteiger partial charge in [-0.05, 0) is 12.1 Å². The minimum absolute atomic E-state index is 0.0698. The Morgan fingerprint density at radius 2 is 2.07 bits per heavy atom. The zero-order valence-corrected chi connectivity index (χ0v) is 10.8. The number of Topliss-reactive ketones (excluding diaryl/α,β-unsaturated/α-hetero) is 1. The predicted octanol–water partition coefficient (Wildman–Crippen LogP) is 4.35. The van der Waals surface area contributed by atoms with Crippen molar-refractivity contribution in [2.75, 3.05) is 5.33 Å². The van der Waals surface area contributed by atoms with Crippen LogP contribution >= 0.6 is 31.9 Å². The summed E-state index contributed by atoms with van der Waals surface area (Å²) < 4.78 is 25.1. The van der Waals surface area contributed by atoms with E-state index in [0.717, 1.165) is 0 Å². The minimum Gasteiger partial charge on any atom is -0.294 e. The number of carbonyl (C=O) groups excluding carboxylic acids is 1. The number of alkyl halides is 3. The summed E-state index contributed by atoms with van der Waals surface area (Å²) in [7, 11) is 0. The average Bonchev–Trinajstić information content (AvgIpc) is 2.17. The Hall–Kier alpha value is -0.290. The van der Waals surface area contributed by atoms with Crippen molar-refractivity contribution in [3.8, 4) is 0 Å². The summed E-state index contributed by atoms with van der Waals surface area (Å²) in [5.41, 5.74) is 0.358. The van der Waals surface area contributed by atoms with Gasteiger partial charge >= 0.3 is 0 Å². The van der Waals surface area contributed by atoms with Crippen LogP contribution in [-0.2, 0) is 0 Å². The Bertz CT molecular complexity index is 366. The van der Waals surface area contributed by atoms with Crippen LogP contribution in [0.5, 0.6) is 0 Å². The maximum absolute atomic E-state index is 12.3. The third-order valence-corrected chi connectivity index (χ3v) is 2.92. The summed E-state index contributed by atoms with van der Waals surface area (Å²) in [5, 5.41) is 0.564. The van der Waals surface area contributed by atoms with E-state index in [1.807, 2.05) is 0 Å². The quantitative estimate of drug-likeness (QED) is 0.587. The Balaban J connectivity index is 2.98. The highest BCUT2D eigenvalue weighted by Crippen LogP contribution is 2.26. The fraction of sp³-hybridized carbons (Fsp3) is 0.300. The lowest BCUT2D eigenvalue weighted by atomic mass is 10.1. The molecule has 0 aliphatic rings. The zero-order valence-electron chi connectivity index (χ0n) is 7.64. The number of benzene rings is 1. The Morgan fingerprint density at radius 1 is 1.40 bits per heavy atom. The van der Waals surface area contributed by atoms with E-state index in [1.54, 1.807) is 0 Å². The molecule has 0 spiro atoms. The number of rotatable bonds is 4. The average molecular weight is 342 g/mol. The lowest BCUT2D eigenvalue weighted by Crippen LogP contribution is -2.01. The molecule has 0 N–H and O–H groups in total. The highest BCUT2D eigenvalue weighted by atomic mass is 79.9. The second kappa shape index (κ2) is 5.70. The summed E-state index contributed by atoms with van der Waals surface area (Å²) >= 11 is 6.27. The van der Waals surface area contributed by atoms with Gasteiger partial charge in [0, 0.05) is 27.4 Å². The van der Waals surface area contributed by atoms with E-state index < -0.39 is 6.43 Å². The smallest absolute Gasteiger partial charge is 0.263 e. The highest BCUT2D eigenvalue weighted by Gasteiger charge is 2.13. The molecule has 0 aliphatic heterocycles. The Labute approximate surface area is 103 Å². The minimum atomic E-state index is -2.51. The molecule has 0 atom stereocenters. The molecule has 0 aromatic heterocycles. The van der Waals surface area contributed by atoms with E-state index in [4.69, 9.17) is 0 Å². The van der Waals surface area contributed by atoms with Crippen LogP contribution in [0, 0.1) is 0 Å². The molecule has 0 aliphatic carbocycles. The number of hydrogen-bond acceptors (Lipinski definition) is 1. The topological polar surface area (TPSA) is 17.1 Å². The van der Waals surface area contributed by atoms with Gasteiger partial charge < -0.3 is 0 Å². The molecule has 1 aromatic carbocycles. The van der Waals surface area contributed by atoms with Crippen molar-refractivity contribution in [3.05, 3.63) is 33.8 Å². The molecule has 1 aromatic rings. The monoisotopic (exact) mass is 340 g/mol. The third-order valence-electron chi connectivity index (χ3n) is 1.87. The normalized spacial score (nSPS) is 10.7. The summed E-state index contributed by atoms with van der Waals surface area (Å²) in [4.78, 5) is 11.5. The van der Waals surface area contributed by atoms with Gasteiger partial charge in [-0.25, -0.2) is 8.78 Å². The first-order valence-corrected chi connectivity index (χ1v) is 6.14. The molecule has 1 rings (SSSR count). The maximum Gasteiger partial charge on any atom is 0.263 e. The SMILES string of the molecule is O=C(CCBr)c1ccc(C(F)F)cc1Br. The second-order valence-corrected chi connectivity index (χ2v) is 4.55. The first kappa shape index (κ1) is 12.8. The van der Waals surface area contributed by atoms with E-state index in [1.165, 1.54) is 18.2 Å². The van der Waals surface area contributed by atoms with Crippen LogP contribution in [0.2, 0.25) is 0 Å². The summed E-state index contributed by atoms with van der Waals surface area (Å²) in [6, 6.07) is 3.99. The molecule has 0 heterocycles. The van der Waals surface area contributed by atoms with Crippen molar-refractivity contribution in [2.45, 2.75) is 12.8 Å². The van der Waals surface area contributed by atoms with Gasteiger partial charge in [0.05, 0.1) is 0 Å². The molecule has 0 saturated heterocycles. The molecular formula is C10H8Br2F2O. The molecule has 0 bridgehead atoms. The van der Waals surface area contributed by atoms with E-state index in [2.05, 4.69) is 31.9 Å². The second-order valence-electron chi connectivity index (χ2n) is 2.90. The Morgan fingerprint density at radius 3 is 2.53 bits per heavy atom. The van der Waals surface area contributed by atoms with Crippen LogP contribution in [0.3, 0.4) is 0 Å². The summed E-state index contributed by atoms with van der Waals surface area (Å²) in [5.74, 6) is -0.0698. The number of hydrogen-bond donors (Lipinski definition) is 0. The predicted molar refractivity (Wildman–Crippen MR) is 61.8 cm³/mol. The van der Waals surface area contributed by atoms with Gasteiger partial charge in [-0.15, -0.1) is 0 Å². The molecular weight excluding hydrogens is 334 g/mol. The van der Waals surface area contributed by atoms with Crippen molar-refractivity contribution in [2.24, 2.45) is 0 Å². The first-order chi connectivity index (χ1) is 7.06. The summed E-state index contributed by atoms with van der Waals surface area (Å²) in [6.45, 7) is 0. The van der Waals surface area contributed by atoms with E-state index in [-0.39, 0.29) is 11.3 Å². The highest BCUT2D eigenvalue weighted by molar-refractivity contribution is 9.10. The van der Waals surface area contributed by atoms with Gasteiger partial charge in [0.1, 0.15) is 0 Å². The fourth-order valence-corrected chi connectivity index (χ4v) is 2.09. The van der Waals surface area contributed by atoms with Crippen LogP contribution in [0.1, 0.15) is 28.8 Å². The first-order valence-electron chi connectivity index (χ1n) is 4.23.